The van der Waals surface area contributed by atoms with Crippen LogP contribution in [0.15, 0.2) is 29.2 Å². The molecule has 2 rings (SSSR count). The average molecular weight is 298 g/mol. The molecule has 0 heterocycles. The van der Waals surface area contributed by atoms with Crippen molar-refractivity contribution >= 4 is 10.0 Å². The molecule has 0 aliphatic heterocycles. The summed E-state index contributed by atoms with van der Waals surface area (Å²) in [6.45, 7) is 0. The minimum absolute atomic E-state index is 0.0178. The van der Waals surface area contributed by atoms with Crippen LogP contribution in [-0.2, 0) is 10.0 Å². The van der Waals surface area contributed by atoms with Gasteiger partial charge in [0.05, 0.1) is 4.90 Å². The van der Waals surface area contributed by atoms with E-state index >= 15 is 0 Å². The van der Waals surface area contributed by atoms with Crippen molar-refractivity contribution in [2.75, 3.05) is 7.05 Å². The zero-order valence-corrected chi connectivity index (χ0v) is 12.5. The summed E-state index contributed by atoms with van der Waals surface area (Å²) >= 11 is 0. The molecule has 6 heteroatoms. The first-order chi connectivity index (χ1) is 9.53. The fraction of sp³-hybridized carbons (Fsp3) is 0.571. The molecular weight excluding hydrogens is 276 g/mol. The molecule has 0 amide bonds. The van der Waals surface area contributed by atoms with Crippen molar-refractivity contribution in [1.82, 2.24) is 4.72 Å². The number of nitrogens with one attached hydrogen (secondary N) is 1. The van der Waals surface area contributed by atoms with Gasteiger partial charge in [0.1, 0.15) is 11.9 Å². The Hall–Kier alpha value is -1.11. The summed E-state index contributed by atoms with van der Waals surface area (Å²) in [7, 11) is -2.00. The largest absolute Gasteiger partial charge is 0.489 e. The van der Waals surface area contributed by atoms with Crippen molar-refractivity contribution in [3.8, 4) is 5.75 Å². The van der Waals surface area contributed by atoms with E-state index in [0.717, 1.165) is 25.7 Å². The highest BCUT2D eigenvalue weighted by atomic mass is 32.2. The van der Waals surface area contributed by atoms with Gasteiger partial charge in [-0.15, -0.1) is 0 Å². The summed E-state index contributed by atoms with van der Waals surface area (Å²) in [6, 6.07) is 6.51. The fourth-order valence-electron chi connectivity index (χ4n) is 2.44. The van der Waals surface area contributed by atoms with E-state index in [0.29, 0.717) is 5.75 Å². The maximum atomic E-state index is 11.6. The molecule has 1 saturated carbocycles. The van der Waals surface area contributed by atoms with Crippen LogP contribution >= 0.6 is 0 Å². The van der Waals surface area contributed by atoms with Gasteiger partial charge in [-0.2, -0.15) is 0 Å². The number of hydrogen-bond acceptors (Lipinski definition) is 4. The van der Waals surface area contributed by atoms with Gasteiger partial charge in [-0.05, 0) is 50.6 Å². The van der Waals surface area contributed by atoms with E-state index in [2.05, 4.69) is 4.72 Å². The molecule has 0 spiro atoms. The zero-order chi connectivity index (χ0) is 14.6. The Kier molecular flexibility index (Phi) is 5.01. The Balaban J connectivity index is 2.07. The van der Waals surface area contributed by atoms with Gasteiger partial charge < -0.3 is 10.5 Å². The minimum atomic E-state index is -3.39. The van der Waals surface area contributed by atoms with Crippen LogP contribution in [0.25, 0.3) is 0 Å². The quantitative estimate of drug-likeness (QED) is 0.828. The lowest BCUT2D eigenvalue weighted by atomic mass is 10.1. The number of sulfonamides is 1. The molecule has 1 aliphatic rings. The van der Waals surface area contributed by atoms with E-state index in [4.69, 9.17) is 10.5 Å². The molecule has 0 aromatic heterocycles. The average Bonchev–Trinajstić information content (AvgIpc) is 2.65. The van der Waals surface area contributed by atoms with Crippen molar-refractivity contribution < 1.29 is 13.2 Å². The van der Waals surface area contributed by atoms with Gasteiger partial charge in [-0.25, -0.2) is 13.1 Å². The third kappa shape index (κ3) is 3.71. The van der Waals surface area contributed by atoms with Crippen molar-refractivity contribution in [3.63, 3.8) is 0 Å². The molecule has 20 heavy (non-hydrogen) atoms. The lowest BCUT2D eigenvalue weighted by Crippen LogP contribution is -2.37. The third-order valence-corrected chi connectivity index (χ3v) is 5.12. The first kappa shape index (κ1) is 15.3. The summed E-state index contributed by atoms with van der Waals surface area (Å²) in [5.74, 6) is 0.669. The second kappa shape index (κ2) is 6.56. The van der Waals surface area contributed by atoms with Gasteiger partial charge in [0.25, 0.3) is 0 Å². The van der Waals surface area contributed by atoms with Crippen LogP contribution in [0.5, 0.6) is 5.75 Å². The lowest BCUT2D eigenvalue weighted by Gasteiger charge is -2.23. The number of hydrogen-bond donors (Lipinski definition) is 2. The Labute approximate surface area is 120 Å². The molecular formula is C14H22N2O3S. The van der Waals surface area contributed by atoms with Crippen LogP contribution in [-0.4, -0.2) is 27.6 Å². The SMILES string of the molecule is CNS(=O)(=O)c1ccc(OC2CCCCCC2N)cc1. The van der Waals surface area contributed by atoms with Gasteiger partial charge in [0.15, 0.2) is 0 Å². The van der Waals surface area contributed by atoms with Crippen molar-refractivity contribution in [1.29, 1.82) is 0 Å². The number of ether oxygens (including phenoxy) is 1. The van der Waals surface area contributed by atoms with Gasteiger partial charge in [-0.3, -0.25) is 0 Å². The van der Waals surface area contributed by atoms with Gasteiger partial charge >= 0.3 is 0 Å². The Bertz CT molecular complexity index is 528. The normalized spacial score (nSPS) is 24.1. The van der Waals surface area contributed by atoms with E-state index in [9.17, 15) is 8.42 Å². The van der Waals surface area contributed by atoms with Gasteiger partial charge in [0, 0.05) is 6.04 Å². The van der Waals surface area contributed by atoms with Crippen LogP contribution in [0.3, 0.4) is 0 Å². The molecule has 1 aromatic carbocycles. The topological polar surface area (TPSA) is 81.4 Å². The molecule has 2 unspecified atom stereocenters. The molecule has 2 atom stereocenters. The second-order valence-corrected chi connectivity index (χ2v) is 7.02. The molecule has 3 N–H and O–H groups in total. The van der Waals surface area contributed by atoms with Crippen molar-refractivity contribution in [3.05, 3.63) is 24.3 Å². The summed E-state index contributed by atoms with van der Waals surface area (Å²) in [5, 5.41) is 0. The van der Waals surface area contributed by atoms with E-state index in [1.165, 1.54) is 13.5 Å². The maximum absolute atomic E-state index is 11.6. The first-order valence-electron chi connectivity index (χ1n) is 6.99. The highest BCUT2D eigenvalue weighted by Gasteiger charge is 2.22. The van der Waals surface area contributed by atoms with Crippen LogP contribution in [0.4, 0.5) is 0 Å². The molecule has 112 valence electrons. The predicted octanol–water partition coefficient (Wildman–Crippen LogP) is 1.63. The van der Waals surface area contributed by atoms with Crippen molar-refractivity contribution in [2.45, 2.75) is 49.1 Å². The van der Waals surface area contributed by atoms with Gasteiger partial charge in [0.2, 0.25) is 10.0 Å². The molecule has 0 radical (unpaired) electrons. The number of nitrogens with two attached hydrogens (primary N) is 1. The molecule has 1 aromatic rings. The molecule has 0 saturated heterocycles. The van der Waals surface area contributed by atoms with E-state index in [-0.39, 0.29) is 17.0 Å². The molecule has 0 bridgehead atoms. The maximum Gasteiger partial charge on any atom is 0.240 e. The van der Waals surface area contributed by atoms with E-state index < -0.39 is 10.0 Å². The monoisotopic (exact) mass is 298 g/mol. The highest BCUT2D eigenvalue weighted by Crippen LogP contribution is 2.23. The fourth-order valence-corrected chi connectivity index (χ4v) is 3.17. The molecule has 1 aliphatic carbocycles. The Morgan fingerprint density at radius 1 is 1.15 bits per heavy atom. The summed E-state index contributed by atoms with van der Waals surface area (Å²) in [6.07, 6.45) is 5.44. The van der Waals surface area contributed by atoms with E-state index in [1.807, 2.05) is 0 Å². The summed E-state index contributed by atoms with van der Waals surface area (Å²) in [5.41, 5.74) is 6.12. The lowest BCUT2D eigenvalue weighted by molar-refractivity contribution is 0.162. The Morgan fingerprint density at radius 3 is 2.45 bits per heavy atom. The summed E-state index contributed by atoms with van der Waals surface area (Å²) in [4.78, 5) is 0.234. The van der Waals surface area contributed by atoms with E-state index in [1.54, 1.807) is 24.3 Å². The second-order valence-electron chi connectivity index (χ2n) is 5.14. The molecule has 1 fully saturated rings. The first-order valence-corrected chi connectivity index (χ1v) is 8.47. The van der Waals surface area contributed by atoms with Crippen LogP contribution in [0.2, 0.25) is 0 Å². The zero-order valence-electron chi connectivity index (χ0n) is 11.7. The van der Waals surface area contributed by atoms with Crippen LogP contribution in [0, 0.1) is 0 Å². The standard InChI is InChI=1S/C14H22N2O3S/c1-16-20(17,18)12-9-7-11(8-10-12)19-14-6-4-2-3-5-13(14)15/h7-10,13-14,16H,2-6,15H2,1H3. The Morgan fingerprint density at radius 2 is 1.80 bits per heavy atom. The summed E-state index contributed by atoms with van der Waals surface area (Å²) < 4.78 is 31.4. The predicted molar refractivity (Wildman–Crippen MR) is 78.2 cm³/mol. The third-order valence-electron chi connectivity index (χ3n) is 3.69. The van der Waals surface area contributed by atoms with Gasteiger partial charge in [-0.1, -0.05) is 12.8 Å². The number of benzene rings is 1. The van der Waals surface area contributed by atoms with Crippen LogP contribution < -0.4 is 15.2 Å². The number of rotatable bonds is 4. The van der Waals surface area contributed by atoms with Crippen molar-refractivity contribution in [2.24, 2.45) is 5.73 Å². The molecule has 5 nitrogen and oxygen atoms in total. The smallest absolute Gasteiger partial charge is 0.240 e. The minimum Gasteiger partial charge on any atom is -0.489 e. The van der Waals surface area contributed by atoms with Crippen LogP contribution in [0.1, 0.15) is 32.1 Å². The highest BCUT2D eigenvalue weighted by molar-refractivity contribution is 7.89.